The summed E-state index contributed by atoms with van der Waals surface area (Å²) >= 11 is 0. The standard InChI is InChI=1S/C19H30N6O2/c1-23-16-15(17(26)24(2)19(23)27)21-18(22-16)25-9-5-6-12(11-25)10-14(20)13-7-3-4-8-13/h12-14H,3-11,20H2,1-2H3,(H,21,22). The molecule has 148 valence electrons. The number of piperidine rings is 1. The molecule has 1 saturated carbocycles. The molecule has 0 spiro atoms. The summed E-state index contributed by atoms with van der Waals surface area (Å²) in [5, 5.41) is 0. The summed E-state index contributed by atoms with van der Waals surface area (Å²) in [4.78, 5) is 34.5. The normalized spacial score (nSPS) is 22.6. The van der Waals surface area contributed by atoms with Crippen LogP contribution in [-0.4, -0.2) is 38.2 Å². The van der Waals surface area contributed by atoms with Gasteiger partial charge in [-0.2, -0.15) is 4.98 Å². The van der Waals surface area contributed by atoms with Crippen LogP contribution in [0.4, 0.5) is 5.95 Å². The molecule has 8 nitrogen and oxygen atoms in total. The zero-order valence-electron chi connectivity index (χ0n) is 16.3. The Bertz CT molecular complexity index is 936. The van der Waals surface area contributed by atoms with Gasteiger partial charge in [0.15, 0.2) is 11.2 Å². The van der Waals surface area contributed by atoms with E-state index in [1.54, 1.807) is 7.05 Å². The SMILES string of the molecule is Cn1c(=O)c2[nH]c(N3CCCC(CC(N)C4CCCC4)C3)nc2n(C)c1=O. The molecular formula is C19H30N6O2. The molecule has 0 bridgehead atoms. The zero-order valence-corrected chi connectivity index (χ0v) is 16.3. The Morgan fingerprint density at radius 2 is 1.89 bits per heavy atom. The van der Waals surface area contributed by atoms with Gasteiger partial charge in [-0.05, 0) is 43.9 Å². The van der Waals surface area contributed by atoms with Crippen LogP contribution >= 0.6 is 0 Å². The minimum Gasteiger partial charge on any atom is -0.342 e. The Morgan fingerprint density at radius 3 is 2.63 bits per heavy atom. The van der Waals surface area contributed by atoms with Crippen LogP contribution < -0.4 is 21.9 Å². The van der Waals surface area contributed by atoms with E-state index in [0.29, 0.717) is 35.0 Å². The van der Waals surface area contributed by atoms with Crippen molar-refractivity contribution in [2.75, 3.05) is 18.0 Å². The van der Waals surface area contributed by atoms with Gasteiger partial charge in [0.2, 0.25) is 5.95 Å². The van der Waals surface area contributed by atoms with E-state index >= 15 is 0 Å². The number of anilines is 1. The molecule has 2 unspecified atom stereocenters. The van der Waals surface area contributed by atoms with Crippen LogP contribution in [0.5, 0.6) is 0 Å². The molecule has 0 radical (unpaired) electrons. The summed E-state index contributed by atoms with van der Waals surface area (Å²) in [6.07, 6.45) is 8.54. The van der Waals surface area contributed by atoms with E-state index in [9.17, 15) is 9.59 Å². The van der Waals surface area contributed by atoms with Gasteiger partial charge >= 0.3 is 5.69 Å². The third-order valence-electron chi connectivity index (χ3n) is 6.51. The number of nitrogens with zero attached hydrogens (tertiary/aromatic N) is 4. The quantitative estimate of drug-likeness (QED) is 0.834. The zero-order chi connectivity index (χ0) is 19.1. The molecule has 3 N–H and O–H groups in total. The van der Waals surface area contributed by atoms with Crippen molar-refractivity contribution in [3.8, 4) is 0 Å². The third kappa shape index (κ3) is 3.31. The van der Waals surface area contributed by atoms with Crippen molar-refractivity contribution >= 4 is 17.1 Å². The topological polar surface area (TPSA) is 102 Å². The highest BCUT2D eigenvalue weighted by Gasteiger charge is 2.28. The van der Waals surface area contributed by atoms with Crippen LogP contribution in [0.3, 0.4) is 0 Å². The van der Waals surface area contributed by atoms with Crippen molar-refractivity contribution in [1.82, 2.24) is 19.1 Å². The average molecular weight is 374 g/mol. The molecule has 0 aromatic carbocycles. The van der Waals surface area contributed by atoms with Crippen molar-refractivity contribution < 1.29 is 0 Å². The first-order chi connectivity index (χ1) is 13.0. The van der Waals surface area contributed by atoms with Gasteiger partial charge in [-0.3, -0.25) is 13.9 Å². The maximum atomic E-state index is 12.4. The third-order valence-corrected chi connectivity index (χ3v) is 6.51. The first kappa shape index (κ1) is 18.3. The van der Waals surface area contributed by atoms with Crippen LogP contribution in [0.15, 0.2) is 9.59 Å². The molecule has 2 aromatic heterocycles. The predicted octanol–water partition coefficient (Wildman–Crippen LogP) is 1.08. The lowest BCUT2D eigenvalue weighted by molar-refractivity contribution is 0.309. The minimum absolute atomic E-state index is 0.293. The molecule has 4 rings (SSSR count). The summed E-state index contributed by atoms with van der Waals surface area (Å²) < 4.78 is 2.54. The number of aryl methyl sites for hydroxylation is 1. The molecule has 2 fully saturated rings. The number of hydrogen-bond donors (Lipinski definition) is 2. The van der Waals surface area contributed by atoms with E-state index in [-0.39, 0.29) is 11.2 Å². The van der Waals surface area contributed by atoms with Crippen LogP contribution in [0.25, 0.3) is 11.2 Å². The first-order valence-electron chi connectivity index (χ1n) is 10.1. The van der Waals surface area contributed by atoms with Crippen LogP contribution in [0, 0.1) is 11.8 Å². The lowest BCUT2D eigenvalue weighted by Crippen LogP contribution is -2.40. The second-order valence-corrected chi connectivity index (χ2v) is 8.36. The van der Waals surface area contributed by atoms with Crippen molar-refractivity contribution in [1.29, 1.82) is 0 Å². The fraction of sp³-hybridized carbons (Fsp3) is 0.737. The molecule has 3 heterocycles. The second-order valence-electron chi connectivity index (χ2n) is 8.36. The lowest BCUT2D eigenvalue weighted by Gasteiger charge is -2.34. The number of nitrogens with two attached hydrogens (primary N) is 1. The largest absolute Gasteiger partial charge is 0.342 e. The van der Waals surface area contributed by atoms with Crippen LogP contribution in [0.1, 0.15) is 44.9 Å². The number of nitrogens with one attached hydrogen (secondary N) is 1. The van der Waals surface area contributed by atoms with E-state index in [0.717, 1.165) is 30.5 Å². The van der Waals surface area contributed by atoms with Crippen molar-refractivity contribution in [3.05, 3.63) is 20.8 Å². The Labute approximate surface area is 158 Å². The summed E-state index contributed by atoms with van der Waals surface area (Å²) in [6, 6.07) is 0.293. The number of H-pyrrole nitrogens is 1. The van der Waals surface area contributed by atoms with E-state index < -0.39 is 0 Å². The molecule has 1 saturated heterocycles. The first-order valence-corrected chi connectivity index (χ1v) is 10.1. The number of aromatic nitrogens is 4. The maximum absolute atomic E-state index is 12.4. The fourth-order valence-electron chi connectivity index (χ4n) is 4.88. The molecule has 2 aliphatic rings. The van der Waals surface area contributed by atoms with Crippen molar-refractivity contribution in [3.63, 3.8) is 0 Å². The van der Waals surface area contributed by atoms with E-state index in [1.165, 1.54) is 43.7 Å². The summed E-state index contributed by atoms with van der Waals surface area (Å²) in [7, 11) is 3.14. The van der Waals surface area contributed by atoms with Gasteiger partial charge in [-0.15, -0.1) is 0 Å². The van der Waals surface area contributed by atoms with Gasteiger partial charge in [0.1, 0.15) is 0 Å². The number of aromatic amines is 1. The number of rotatable bonds is 4. The predicted molar refractivity (Wildman–Crippen MR) is 106 cm³/mol. The van der Waals surface area contributed by atoms with Crippen molar-refractivity contribution in [2.45, 2.75) is 51.0 Å². The number of imidazole rings is 1. The fourth-order valence-corrected chi connectivity index (χ4v) is 4.88. The Hall–Kier alpha value is -2.09. The molecule has 1 aliphatic heterocycles. The summed E-state index contributed by atoms with van der Waals surface area (Å²) in [6.45, 7) is 1.80. The van der Waals surface area contributed by atoms with Gasteiger partial charge in [-0.1, -0.05) is 12.8 Å². The summed E-state index contributed by atoms with van der Waals surface area (Å²) in [5.74, 6) is 1.92. The molecule has 8 heteroatoms. The average Bonchev–Trinajstić information content (AvgIpc) is 3.35. The van der Waals surface area contributed by atoms with Gasteiger partial charge in [-0.25, -0.2) is 4.79 Å². The molecule has 1 aliphatic carbocycles. The monoisotopic (exact) mass is 374 g/mol. The van der Waals surface area contributed by atoms with Crippen molar-refractivity contribution in [2.24, 2.45) is 31.7 Å². The van der Waals surface area contributed by atoms with Crippen LogP contribution in [-0.2, 0) is 14.1 Å². The molecule has 2 atom stereocenters. The molecule has 2 aromatic rings. The summed E-state index contributed by atoms with van der Waals surface area (Å²) in [5.41, 5.74) is 6.63. The highest BCUT2D eigenvalue weighted by Crippen LogP contribution is 2.32. The highest BCUT2D eigenvalue weighted by molar-refractivity contribution is 5.73. The molecule has 0 amide bonds. The maximum Gasteiger partial charge on any atom is 0.332 e. The number of fused-ring (bicyclic) bond motifs is 1. The van der Waals surface area contributed by atoms with Gasteiger partial charge in [0, 0.05) is 33.2 Å². The molecular weight excluding hydrogens is 344 g/mol. The van der Waals surface area contributed by atoms with Crippen LogP contribution in [0.2, 0.25) is 0 Å². The highest BCUT2D eigenvalue weighted by atomic mass is 16.2. The Balaban J connectivity index is 1.54. The van der Waals surface area contributed by atoms with E-state index in [4.69, 9.17) is 5.73 Å². The lowest BCUT2D eigenvalue weighted by atomic mass is 9.86. The minimum atomic E-state index is -0.357. The van der Waals surface area contributed by atoms with E-state index in [1.807, 2.05) is 0 Å². The van der Waals surface area contributed by atoms with Gasteiger partial charge in [0.25, 0.3) is 5.56 Å². The Kier molecular flexibility index (Phi) is 4.84. The number of hydrogen-bond acceptors (Lipinski definition) is 5. The van der Waals surface area contributed by atoms with Gasteiger partial charge in [0.05, 0.1) is 0 Å². The smallest absolute Gasteiger partial charge is 0.332 e. The second kappa shape index (κ2) is 7.14. The van der Waals surface area contributed by atoms with Gasteiger partial charge < -0.3 is 15.6 Å². The van der Waals surface area contributed by atoms with E-state index in [2.05, 4.69) is 14.9 Å². The molecule has 27 heavy (non-hydrogen) atoms. The Morgan fingerprint density at radius 1 is 1.15 bits per heavy atom.